The first-order valence-corrected chi connectivity index (χ1v) is 5.22. The molecule has 0 bridgehead atoms. The van der Waals surface area contributed by atoms with Gasteiger partial charge in [-0.1, -0.05) is 0 Å². The summed E-state index contributed by atoms with van der Waals surface area (Å²) in [6.45, 7) is 2.85. The van der Waals surface area contributed by atoms with Crippen molar-refractivity contribution in [2.24, 2.45) is 10.8 Å². The summed E-state index contributed by atoms with van der Waals surface area (Å²) in [6.07, 6.45) is 3.63. The Kier molecular flexibility index (Phi) is 2.88. The minimum Gasteiger partial charge on any atom is -0.376 e. The number of nitrogens with two attached hydrogens (primary N) is 1. The van der Waals surface area contributed by atoms with Gasteiger partial charge >= 0.3 is 0 Å². The summed E-state index contributed by atoms with van der Waals surface area (Å²) in [4.78, 5) is 4.50. The van der Waals surface area contributed by atoms with Crippen molar-refractivity contribution in [1.29, 1.82) is 0 Å². The molecule has 0 aromatic heterocycles. The van der Waals surface area contributed by atoms with Crippen LogP contribution in [0.4, 0.5) is 0 Å². The maximum absolute atomic E-state index is 5.43. The van der Waals surface area contributed by atoms with Crippen LogP contribution in [0.15, 0.2) is 4.99 Å². The average molecular weight is 198 g/mol. The van der Waals surface area contributed by atoms with E-state index >= 15 is 0 Å². The zero-order valence-corrected chi connectivity index (χ0v) is 8.49. The Morgan fingerprint density at radius 2 is 2.21 bits per heavy atom. The Morgan fingerprint density at radius 3 is 2.71 bits per heavy atom. The quantitative estimate of drug-likeness (QED) is 0.247. The van der Waals surface area contributed by atoms with Gasteiger partial charge in [-0.05, 0) is 26.2 Å². The van der Waals surface area contributed by atoms with E-state index < -0.39 is 0 Å². The molecule has 80 valence electrons. The fraction of sp³-hybridized carbons (Fsp3) is 0.889. The van der Waals surface area contributed by atoms with Crippen LogP contribution in [0.2, 0.25) is 0 Å². The molecule has 2 aliphatic rings. The van der Waals surface area contributed by atoms with Crippen LogP contribution in [-0.4, -0.2) is 30.8 Å². The molecule has 0 aromatic rings. The van der Waals surface area contributed by atoms with E-state index in [0.29, 0.717) is 12.0 Å². The maximum atomic E-state index is 5.43. The molecular weight excluding hydrogens is 180 g/mol. The molecule has 4 N–H and O–H groups in total. The van der Waals surface area contributed by atoms with Crippen molar-refractivity contribution in [3.8, 4) is 0 Å². The zero-order chi connectivity index (χ0) is 9.97. The molecule has 0 radical (unpaired) electrons. The van der Waals surface area contributed by atoms with Crippen molar-refractivity contribution >= 4 is 5.96 Å². The van der Waals surface area contributed by atoms with Gasteiger partial charge in [-0.15, -0.1) is 0 Å². The van der Waals surface area contributed by atoms with Crippen molar-refractivity contribution in [1.82, 2.24) is 10.7 Å². The summed E-state index contributed by atoms with van der Waals surface area (Å²) in [5, 5.41) is 3.25. The van der Waals surface area contributed by atoms with Gasteiger partial charge in [-0.25, -0.2) is 10.8 Å². The maximum Gasteiger partial charge on any atom is 0.206 e. The lowest BCUT2D eigenvalue weighted by atomic mass is 10.2. The first-order valence-electron chi connectivity index (χ1n) is 5.22. The van der Waals surface area contributed by atoms with Crippen LogP contribution in [0.1, 0.15) is 26.2 Å². The summed E-state index contributed by atoms with van der Waals surface area (Å²) in [7, 11) is 0. The third-order valence-corrected chi connectivity index (χ3v) is 2.69. The second kappa shape index (κ2) is 4.14. The predicted octanol–water partition coefficient (Wildman–Crippen LogP) is -0.265. The van der Waals surface area contributed by atoms with Gasteiger partial charge in [0.2, 0.25) is 5.96 Å². The summed E-state index contributed by atoms with van der Waals surface area (Å²) in [5.74, 6) is 6.09. The van der Waals surface area contributed by atoms with Gasteiger partial charge in [0.15, 0.2) is 0 Å². The zero-order valence-electron chi connectivity index (χ0n) is 8.49. The number of guanidine groups is 1. The average Bonchev–Trinajstić information content (AvgIpc) is 2.90. The van der Waals surface area contributed by atoms with E-state index in [1.807, 2.05) is 6.92 Å². The van der Waals surface area contributed by atoms with Gasteiger partial charge < -0.3 is 10.1 Å². The van der Waals surface area contributed by atoms with Gasteiger partial charge in [-0.2, -0.15) is 0 Å². The normalized spacial score (nSPS) is 33.1. The van der Waals surface area contributed by atoms with Crippen molar-refractivity contribution in [3.05, 3.63) is 0 Å². The Bertz CT molecular complexity index is 227. The van der Waals surface area contributed by atoms with Crippen LogP contribution in [0, 0.1) is 0 Å². The van der Waals surface area contributed by atoms with E-state index in [2.05, 4.69) is 15.7 Å². The highest BCUT2D eigenvalue weighted by Gasteiger charge is 2.26. The molecule has 1 aliphatic heterocycles. The summed E-state index contributed by atoms with van der Waals surface area (Å²) >= 11 is 0. The molecule has 2 atom stereocenters. The monoisotopic (exact) mass is 198 g/mol. The second-order valence-corrected chi connectivity index (χ2v) is 3.97. The SMILES string of the molecule is CC1OCCC1N=C(NN)NC1CC1. The van der Waals surface area contributed by atoms with Gasteiger partial charge in [0.25, 0.3) is 0 Å². The third kappa shape index (κ3) is 2.36. The molecular formula is C9H18N4O. The smallest absolute Gasteiger partial charge is 0.206 e. The molecule has 5 heteroatoms. The number of hydrazine groups is 1. The van der Waals surface area contributed by atoms with Gasteiger partial charge in [0, 0.05) is 12.6 Å². The van der Waals surface area contributed by atoms with Gasteiger partial charge in [0.1, 0.15) is 0 Å². The Morgan fingerprint density at radius 1 is 1.43 bits per heavy atom. The number of aliphatic imine (C=N–C) groups is 1. The molecule has 14 heavy (non-hydrogen) atoms. The lowest BCUT2D eigenvalue weighted by molar-refractivity contribution is 0.119. The van der Waals surface area contributed by atoms with Crippen LogP contribution in [0.25, 0.3) is 0 Å². The fourth-order valence-electron chi connectivity index (χ4n) is 1.59. The van der Waals surface area contributed by atoms with E-state index in [1.165, 1.54) is 12.8 Å². The molecule has 0 amide bonds. The standard InChI is InChI=1S/C9H18N4O/c1-6-8(4-5-14-6)12-9(13-10)11-7-2-3-7/h6-8H,2-5,10H2,1H3,(H2,11,12,13). The molecule has 1 saturated heterocycles. The van der Waals surface area contributed by atoms with Crippen molar-refractivity contribution in [2.45, 2.75) is 44.4 Å². The Hall–Kier alpha value is -0.810. The molecule has 1 aliphatic carbocycles. The molecule has 2 unspecified atom stereocenters. The molecule has 0 aromatic carbocycles. The molecule has 5 nitrogen and oxygen atoms in total. The first kappa shape index (κ1) is 9.73. The minimum absolute atomic E-state index is 0.208. The number of nitrogens with one attached hydrogen (secondary N) is 2. The number of ether oxygens (including phenoxy) is 1. The number of nitrogens with zero attached hydrogens (tertiary/aromatic N) is 1. The first-order chi connectivity index (χ1) is 6.79. The van der Waals surface area contributed by atoms with Gasteiger partial charge in [0.05, 0.1) is 12.1 Å². The van der Waals surface area contributed by atoms with Crippen molar-refractivity contribution in [3.63, 3.8) is 0 Å². The molecule has 0 spiro atoms. The molecule has 2 fully saturated rings. The Balaban J connectivity index is 1.90. The molecule has 1 saturated carbocycles. The van der Waals surface area contributed by atoms with Gasteiger partial charge in [-0.3, -0.25) is 5.43 Å². The fourth-order valence-corrected chi connectivity index (χ4v) is 1.59. The predicted molar refractivity (Wildman–Crippen MR) is 54.7 cm³/mol. The largest absolute Gasteiger partial charge is 0.376 e. The van der Waals surface area contributed by atoms with E-state index in [-0.39, 0.29) is 12.1 Å². The lowest BCUT2D eigenvalue weighted by Crippen LogP contribution is -2.43. The highest BCUT2D eigenvalue weighted by atomic mass is 16.5. The van der Waals surface area contributed by atoms with E-state index in [1.54, 1.807) is 0 Å². The lowest BCUT2D eigenvalue weighted by Gasteiger charge is -2.13. The highest BCUT2D eigenvalue weighted by Crippen LogP contribution is 2.19. The van der Waals surface area contributed by atoms with Crippen LogP contribution in [-0.2, 0) is 4.74 Å². The number of hydrogen-bond donors (Lipinski definition) is 3. The van der Waals surface area contributed by atoms with Crippen molar-refractivity contribution in [2.75, 3.05) is 6.61 Å². The second-order valence-electron chi connectivity index (χ2n) is 3.97. The number of hydrogen-bond acceptors (Lipinski definition) is 3. The molecule has 2 rings (SSSR count). The molecule has 1 heterocycles. The topological polar surface area (TPSA) is 71.7 Å². The van der Waals surface area contributed by atoms with E-state index in [9.17, 15) is 0 Å². The third-order valence-electron chi connectivity index (χ3n) is 2.69. The summed E-state index contributed by atoms with van der Waals surface area (Å²) < 4.78 is 5.43. The Labute approximate surface area is 84.1 Å². The summed E-state index contributed by atoms with van der Waals surface area (Å²) in [5.41, 5.74) is 2.60. The minimum atomic E-state index is 0.208. The van der Waals surface area contributed by atoms with Crippen LogP contribution < -0.4 is 16.6 Å². The van der Waals surface area contributed by atoms with Crippen LogP contribution in [0.5, 0.6) is 0 Å². The van der Waals surface area contributed by atoms with Crippen LogP contribution >= 0.6 is 0 Å². The number of rotatable bonds is 2. The highest BCUT2D eigenvalue weighted by molar-refractivity contribution is 5.80. The van der Waals surface area contributed by atoms with E-state index in [0.717, 1.165) is 13.0 Å². The summed E-state index contributed by atoms with van der Waals surface area (Å²) in [6, 6.07) is 0.815. The van der Waals surface area contributed by atoms with Crippen molar-refractivity contribution < 1.29 is 4.74 Å². The van der Waals surface area contributed by atoms with Crippen LogP contribution in [0.3, 0.4) is 0 Å². The van der Waals surface area contributed by atoms with E-state index in [4.69, 9.17) is 10.6 Å².